The van der Waals surface area contributed by atoms with Crippen LogP contribution in [0.4, 0.5) is 0 Å². The van der Waals surface area contributed by atoms with Gasteiger partial charge in [-0.15, -0.1) is 0 Å². The molecule has 1 saturated heterocycles. The first-order valence-corrected chi connectivity index (χ1v) is 9.70. The summed E-state index contributed by atoms with van der Waals surface area (Å²) in [6.45, 7) is 4.37. The topological polar surface area (TPSA) is 89.2 Å². The molecule has 0 spiro atoms. The van der Waals surface area contributed by atoms with Crippen molar-refractivity contribution in [1.29, 1.82) is 0 Å². The first-order valence-electron chi connectivity index (χ1n) is 8.26. The van der Waals surface area contributed by atoms with E-state index in [1.807, 2.05) is 13.8 Å². The molecule has 2 aromatic heterocycles. The highest BCUT2D eigenvalue weighted by Crippen LogP contribution is 2.33. The molecule has 0 radical (unpaired) electrons. The summed E-state index contributed by atoms with van der Waals surface area (Å²) in [5, 5.41) is 4.11. The fraction of sp³-hybridized carbons (Fsp3) is 0.562. The molecule has 0 aromatic carbocycles. The Hall–Kier alpha value is -1.80. The van der Waals surface area contributed by atoms with Crippen molar-refractivity contribution >= 4 is 10.0 Å². The van der Waals surface area contributed by atoms with Gasteiger partial charge < -0.3 is 4.52 Å². The van der Waals surface area contributed by atoms with Crippen molar-refractivity contribution in [3.05, 3.63) is 36.1 Å². The van der Waals surface area contributed by atoms with Gasteiger partial charge in [0, 0.05) is 18.7 Å². The monoisotopic (exact) mass is 350 g/mol. The first kappa shape index (κ1) is 17.0. The normalized spacial score (nSPS) is 20.2. The summed E-state index contributed by atoms with van der Waals surface area (Å²) in [6, 6.07) is 4.49. The number of sulfonamides is 1. The average Bonchev–Trinajstić information content (AvgIpc) is 2.93. The predicted molar refractivity (Wildman–Crippen MR) is 87.7 cm³/mol. The van der Waals surface area contributed by atoms with Crippen LogP contribution in [0.15, 0.2) is 33.9 Å². The molecule has 8 heteroatoms. The van der Waals surface area contributed by atoms with Gasteiger partial charge in [-0.2, -0.15) is 9.29 Å². The molecule has 24 heavy (non-hydrogen) atoms. The second kappa shape index (κ2) is 6.98. The van der Waals surface area contributed by atoms with E-state index in [2.05, 4.69) is 15.1 Å². The Balaban J connectivity index is 1.98. The lowest BCUT2D eigenvalue weighted by atomic mass is 10.1. The van der Waals surface area contributed by atoms with E-state index in [1.165, 1.54) is 16.6 Å². The van der Waals surface area contributed by atoms with E-state index in [0.29, 0.717) is 24.7 Å². The van der Waals surface area contributed by atoms with Gasteiger partial charge in [0.1, 0.15) is 0 Å². The molecule has 1 aliphatic rings. The summed E-state index contributed by atoms with van der Waals surface area (Å²) in [5.74, 6) is 1.09. The molecule has 1 fully saturated rings. The van der Waals surface area contributed by atoms with E-state index in [0.717, 1.165) is 19.3 Å². The molecule has 0 bridgehead atoms. The van der Waals surface area contributed by atoms with Crippen LogP contribution in [0, 0.1) is 0 Å². The van der Waals surface area contributed by atoms with Crippen molar-refractivity contribution in [1.82, 2.24) is 19.4 Å². The van der Waals surface area contributed by atoms with Crippen LogP contribution in [0.5, 0.6) is 0 Å². The van der Waals surface area contributed by atoms with Gasteiger partial charge in [-0.05, 0) is 25.0 Å². The SMILES string of the molecule is CC(C)c1nc([C@@H]2CCCCCN2S(=O)(=O)c2ccccn2)no1. The molecule has 1 aliphatic heterocycles. The van der Waals surface area contributed by atoms with Crippen molar-refractivity contribution in [3.63, 3.8) is 0 Å². The Labute approximate surface area is 142 Å². The third-order valence-electron chi connectivity index (χ3n) is 4.16. The second-order valence-electron chi connectivity index (χ2n) is 6.29. The molecule has 2 aromatic rings. The van der Waals surface area contributed by atoms with Gasteiger partial charge in [-0.3, -0.25) is 0 Å². The molecule has 7 nitrogen and oxygen atoms in total. The Kier molecular flexibility index (Phi) is 4.96. The van der Waals surface area contributed by atoms with E-state index in [4.69, 9.17) is 4.52 Å². The number of nitrogens with zero attached hydrogens (tertiary/aromatic N) is 4. The number of hydrogen-bond donors (Lipinski definition) is 0. The van der Waals surface area contributed by atoms with Crippen molar-refractivity contribution in [3.8, 4) is 0 Å². The predicted octanol–water partition coefficient (Wildman–Crippen LogP) is 2.89. The first-order chi connectivity index (χ1) is 11.5. The highest BCUT2D eigenvalue weighted by molar-refractivity contribution is 7.89. The van der Waals surface area contributed by atoms with Crippen molar-refractivity contribution in [2.24, 2.45) is 0 Å². The Morgan fingerprint density at radius 2 is 2.08 bits per heavy atom. The zero-order chi connectivity index (χ0) is 17.2. The molecule has 1 atom stereocenters. The molecule has 0 amide bonds. The molecule has 3 heterocycles. The van der Waals surface area contributed by atoms with Gasteiger partial charge in [0.25, 0.3) is 10.0 Å². The number of aromatic nitrogens is 3. The summed E-state index contributed by atoms with van der Waals surface area (Å²) in [7, 11) is -3.69. The van der Waals surface area contributed by atoms with E-state index in [9.17, 15) is 8.42 Å². The maximum Gasteiger partial charge on any atom is 0.261 e. The number of rotatable bonds is 4. The Bertz CT molecular complexity index is 774. The zero-order valence-electron chi connectivity index (χ0n) is 13.9. The molecule has 0 aliphatic carbocycles. The average molecular weight is 350 g/mol. The molecule has 0 unspecified atom stereocenters. The summed E-state index contributed by atoms with van der Waals surface area (Å²) >= 11 is 0. The highest BCUT2D eigenvalue weighted by atomic mass is 32.2. The largest absolute Gasteiger partial charge is 0.339 e. The maximum absolute atomic E-state index is 13.0. The molecule has 130 valence electrons. The van der Waals surface area contributed by atoms with Crippen molar-refractivity contribution in [2.75, 3.05) is 6.54 Å². The third kappa shape index (κ3) is 3.34. The molecular weight excluding hydrogens is 328 g/mol. The number of hydrogen-bond acceptors (Lipinski definition) is 6. The molecule has 0 N–H and O–H groups in total. The summed E-state index contributed by atoms with van der Waals surface area (Å²) in [6.07, 6.45) is 4.91. The van der Waals surface area contributed by atoms with Crippen molar-refractivity contribution in [2.45, 2.75) is 56.5 Å². The van der Waals surface area contributed by atoms with Gasteiger partial charge in [0.05, 0.1) is 6.04 Å². The van der Waals surface area contributed by atoms with E-state index in [1.54, 1.807) is 12.1 Å². The fourth-order valence-corrected chi connectivity index (χ4v) is 4.45. The van der Waals surface area contributed by atoms with Crippen LogP contribution in [0.3, 0.4) is 0 Å². The molecular formula is C16H22N4O3S. The summed E-state index contributed by atoms with van der Waals surface area (Å²) in [4.78, 5) is 8.45. The van der Waals surface area contributed by atoms with Gasteiger partial charge in [0.15, 0.2) is 10.9 Å². The lowest BCUT2D eigenvalue weighted by molar-refractivity contribution is 0.299. The van der Waals surface area contributed by atoms with Crippen LogP contribution in [0.25, 0.3) is 0 Å². The summed E-state index contributed by atoms with van der Waals surface area (Å²) in [5.41, 5.74) is 0. The van der Waals surface area contributed by atoms with E-state index < -0.39 is 16.1 Å². The smallest absolute Gasteiger partial charge is 0.261 e. The van der Waals surface area contributed by atoms with Crippen LogP contribution in [0.2, 0.25) is 0 Å². The quantitative estimate of drug-likeness (QED) is 0.842. The minimum atomic E-state index is -3.69. The lowest BCUT2D eigenvalue weighted by Crippen LogP contribution is -2.35. The van der Waals surface area contributed by atoms with Gasteiger partial charge in [0.2, 0.25) is 5.89 Å². The summed E-state index contributed by atoms with van der Waals surface area (Å²) < 4.78 is 32.9. The number of pyridine rings is 1. The van der Waals surface area contributed by atoms with Gasteiger partial charge in [-0.1, -0.05) is 37.9 Å². The maximum atomic E-state index is 13.0. The minimum Gasteiger partial charge on any atom is -0.339 e. The fourth-order valence-electron chi connectivity index (χ4n) is 2.86. The molecule has 0 saturated carbocycles. The Morgan fingerprint density at radius 1 is 1.25 bits per heavy atom. The van der Waals surface area contributed by atoms with E-state index >= 15 is 0 Å². The molecule has 3 rings (SSSR count). The van der Waals surface area contributed by atoms with Crippen molar-refractivity contribution < 1.29 is 12.9 Å². The second-order valence-corrected chi connectivity index (χ2v) is 8.13. The van der Waals surface area contributed by atoms with Gasteiger partial charge >= 0.3 is 0 Å². The lowest BCUT2D eigenvalue weighted by Gasteiger charge is -2.26. The zero-order valence-corrected chi connectivity index (χ0v) is 14.7. The van der Waals surface area contributed by atoms with Crippen LogP contribution in [-0.4, -0.2) is 34.4 Å². The third-order valence-corrected chi connectivity index (χ3v) is 5.99. The van der Waals surface area contributed by atoms with E-state index in [-0.39, 0.29) is 10.9 Å². The van der Waals surface area contributed by atoms with Crippen LogP contribution < -0.4 is 0 Å². The minimum absolute atomic E-state index is 0.0597. The van der Waals surface area contributed by atoms with Crippen LogP contribution >= 0.6 is 0 Å². The highest BCUT2D eigenvalue weighted by Gasteiger charge is 2.36. The van der Waals surface area contributed by atoms with Crippen LogP contribution in [-0.2, 0) is 10.0 Å². The van der Waals surface area contributed by atoms with Crippen LogP contribution in [0.1, 0.15) is 63.2 Å². The Morgan fingerprint density at radius 3 is 2.75 bits per heavy atom. The standard InChI is InChI=1S/C16H22N4O3S/c1-12(2)16-18-15(19-23-16)13-8-4-3-7-11-20(13)24(21,22)14-9-5-6-10-17-14/h5-6,9-10,12-13H,3-4,7-8,11H2,1-2H3/t13-/m0/s1. The van der Waals surface area contributed by atoms with Gasteiger partial charge in [-0.25, -0.2) is 13.4 Å².